The Morgan fingerprint density at radius 3 is 2.72 bits per heavy atom. The van der Waals surface area contributed by atoms with Crippen molar-refractivity contribution in [2.45, 2.75) is 32.2 Å². The van der Waals surface area contributed by atoms with Crippen molar-refractivity contribution in [3.63, 3.8) is 0 Å². The van der Waals surface area contributed by atoms with Gasteiger partial charge in [-0.15, -0.1) is 24.8 Å². The van der Waals surface area contributed by atoms with Crippen molar-refractivity contribution >= 4 is 30.7 Å². The number of rotatable bonds is 5. The van der Waals surface area contributed by atoms with Gasteiger partial charge in [0.25, 0.3) is 0 Å². The molecule has 4 rings (SSSR count). The van der Waals surface area contributed by atoms with Gasteiger partial charge < -0.3 is 15.4 Å². The van der Waals surface area contributed by atoms with Crippen LogP contribution in [0, 0.1) is 17.2 Å². The van der Waals surface area contributed by atoms with Crippen molar-refractivity contribution < 1.29 is 13.9 Å². The van der Waals surface area contributed by atoms with Gasteiger partial charge in [0, 0.05) is 25.4 Å². The molecule has 2 N–H and O–H groups in total. The Bertz CT molecular complexity index is 805. The van der Waals surface area contributed by atoms with Gasteiger partial charge in [0.15, 0.2) is 0 Å². The Kier molecular flexibility index (Phi) is 8.25. The van der Waals surface area contributed by atoms with E-state index in [0.717, 1.165) is 37.9 Å². The highest BCUT2D eigenvalue weighted by atomic mass is 35.5. The van der Waals surface area contributed by atoms with Gasteiger partial charge >= 0.3 is 0 Å². The molecule has 1 amide bonds. The van der Waals surface area contributed by atoms with E-state index in [9.17, 15) is 9.18 Å². The first-order valence-corrected chi connectivity index (χ1v) is 9.53. The Labute approximate surface area is 182 Å². The molecule has 2 fully saturated rings. The van der Waals surface area contributed by atoms with Crippen LogP contribution in [-0.4, -0.2) is 24.0 Å². The number of halogens is 3. The molecule has 2 heterocycles. The summed E-state index contributed by atoms with van der Waals surface area (Å²) in [6.45, 7) is 2.19. The van der Waals surface area contributed by atoms with E-state index in [1.165, 1.54) is 18.6 Å². The summed E-state index contributed by atoms with van der Waals surface area (Å²) in [5.74, 6) is 1.27. The van der Waals surface area contributed by atoms with Crippen LogP contribution in [0.25, 0.3) is 0 Å². The Morgan fingerprint density at radius 1 is 1.21 bits per heavy atom. The van der Waals surface area contributed by atoms with Gasteiger partial charge in [-0.2, -0.15) is 0 Å². The summed E-state index contributed by atoms with van der Waals surface area (Å²) in [4.78, 5) is 17.2. The van der Waals surface area contributed by atoms with Crippen molar-refractivity contribution in [3.05, 3.63) is 54.0 Å². The summed E-state index contributed by atoms with van der Waals surface area (Å²) >= 11 is 0. The average Bonchev–Trinajstić information content (AvgIpc) is 3.14. The smallest absolute Gasteiger partial charge is 0.228 e. The Balaban J connectivity index is 0.00000150. The molecule has 2 aliphatic rings. The van der Waals surface area contributed by atoms with E-state index in [2.05, 4.69) is 15.6 Å². The van der Waals surface area contributed by atoms with E-state index >= 15 is 0 Å². The van der Waals surface area contributed by atoms with Crippen molar-refractivity contribution in [1.29, 1.82) is 0 Å². The van der Waals surface area contributed by atoms with Gasteiger partial charge in [0.2, 0.25) is 11.8 Å². The zero-order valence-electron chi connectivity index (χ0n) is 16.0. The van der Waals surface area contributed by atoms with Crippen LogP contribution in [0.5, 0.6) is 11.6 Å². The summed E-state index contributed by atoms with van der Waals surface area (Å²) in [5, 5.41) is 6.51. The van der Waals surface area contributed by atoms with Crippen molar-refractivity contribution in [2.75, 3.05) is 13.1 Å². The molecule has 5 nitrogen and oxygen atoms in total. The molecule has 0 radical (unpaired) electrons. The third-order valence-electron chi connectivity index (χ3n) is 5.78. The number of aromatic nitrogens is 1. The number of nitrogens with zero attached hydrogens (tertiary/aromatic N) is 1. The number of carbonyl (C=O) groups excluding carboxylic acids is 1. The van der Waals surface area contributed by atoms with Crippen LogP contribution in [0.3, 0.4) is 0 Å². The molecule has 2 aromatic rings. The second-order valence-corrected chi connectivity index (χ2v) is 7.47. The first kappa shape index (κ1) is 23.4. The summed E-state index contributed by atoms with van der Waals surface area (Å²) < 4.78 is 18.5. The minimum absolute atomic E-state index is 0. The average molecular weight is 442 g/mol. The number of hydrogen-bond donors (Lipinski definition) is 2. The fourth-order valence-electron chi connectivity index (χ4n) is 4.25. The summed E-state index contributed by atoms with van der Waals surface area (Å²) in [6, 6.07) is 9.43. The number of pyridine rings is 1. The third-order valence-corrected chi connectivity index (χ3v) is 5.78. The maximum absolute atomic E-state index is 12.9. The van der Waals surface area contributed by atoms with Crippen LogP contribution in [0.4, 0.5) is 4.39 Å². The molecule has 1 aliphatic heterocycles. The lowest BCUT2D eigenvalue weighted by Crippen LogP contribution is -2.47. The van der Waals surface area contributed by atoms with E-state index in [1.54, 1.807) is 24.4 Å². The lowest BCUT2D eigenvalue weighted by atomic mass is 9.67. The van der Waals surface area contributed by atoms with Crippen molar-refractivity contribution in [1.82, 2.24) is 15.6 Å². The molecule has 1 aromatic heterocycles. The molecule has 1 saturated carbocycles. The van der Waals surface area contributed by atoms with Gasteiger partial charge in [-0.05, 0) is 55.1 Å². The standard InChI is InChI=1S/C21H24FN3O2.2ClH/c22-17-5-7-18(8-6-17)27-19-9-4-15(11-24-19)12-25-20(26)21-10-2-1-3-16(21)13-23-14-21;;/h4-9,11,16,23H,1-3,10,12-14H2,(H,25,26);2*1H/t16-,21+;;/m0../s1. The molecule has 1 aliphatic carbocycles. The number of fused-ring (bicyclic) bond motifs is 1. The highest BCUT2D eigenvalue weighted by Gasteiger charge is 2.49. The summed E-state index contributed by atoms with van der Waals surface area (Å²) in [5.41, 5.74) is 0.682. The molecule has 0 unspecified atom stereocenters. The highest BCUT2D eigenvalue weighted by molar-refractivity contribution is 5.85. The van der Waals surface area contributed by atoms with Crippen molar-refractivity contribution in [2.24, 2.45) is 11.3 Å². The number of ether oxygens (including phenoxy) is 1. The topological polar surface area (TPSA) is 63.2 Å². The normalized spacial score (nSPS) is 22.6. The molecule has 158 valence electrons. The molecule has 1 saturated heterocycles. The zero-order valence-corrected chi connectivity index (χ0v) is 17.7. The quantitative estimate of drug-likeness (QED) is 0.727. The Hall–Kier alpha value is -1.89. The lowest BCUT2D eigenvalue weighted by Gasteiger charge is -2.37. The summed E-state index contributed by atoms with van der Waals surface area (Å²) in [6.07, 6.45) is 6.15. The predicted octanol–water partition coefficient (Wildman–Crippen LogP) is 4.25. The highest BCUT2D eigenvalue weighted by Crippen LogP contribution is 2.43. The minimum atomic E-state index is -0.307. The lowest BCUT2D eigenvalue weighted by molar-refractivity contribution is -0.134. The molecule has 1 aromatic carbocycles. The number of carbonyl (C=O) groups is 1. The Morgan fingerprint density at radius 2 is 2.00 bits per heavy atom. The van der Waals surface area contributed by atoms with E-state index < -0.39 is 0 Å². The first-order valence-electron chi connectivity index (χ1n) is 9.53. The SMILES string of the molecule is Cl.Cl.O=C(NCc1ccc(Oc2ccc(F)cc2)nc1)[C@@]12CCCC[C@H]1CNC2. The molecule has 8 heteroatoms. The van der Waals surface area contributed by atoms with Crippen LogP contribution in [-0.2, 0) is 11.3 Å². The van der Waals surface area contributed by atoms with E-state index in [-0.39, 0.29) is 42.0 Å². The van der Waals surface area contributed by atoms with Gasteiger partial charge in [0.1, 0.15) is 11.6 Å². The molecule has 0 bridgehead atoms. The van der Waals surface area contributed by atoms with E-state index in [1.807, 2.05) is 6.07 Å². The molecule has 29 heavy (non-hydrogen) atoms. The predicted molar refractivity (Wildman–Crippen MR) is 114 cm³/mol. The maximum Gasteiger partial charge on any atom is 0.228 e. The first-order chi connectivity index (χ1) is 13.2. The number of nitrogens with one attached hydrogen (secondary N) is 2. The van der Waals surface area contributed by atoms with Gasteiger partial charge in [-0.3, -0.25) is 4.79 Å². The van der Waals surface area contributed by atoms with Gasteiger partial charge in [-0.1, -0.05) is 18.9 Å². The maximum atomic E-state index is 12.9. The second-order valence-electron chi connectivity index (χ2n) is 7.47. The second kappa shape index (κ2) is 10.2. The van der Waals surface area contributed by atoms with Crippen molar-refractivity contribution in [3.8, 4) is 11.6 Å². The summed E-state index contributed by atoms with van der Waals surface area (Å²) in [7, 11) is 0. The van der Waals surface area contributed by atoms with Crippen LogP contribution in [0.15, 0.2) is 42.6 Å². The monoisotopic (exact) mass is 441 g/mol. The van der Waals surface area contributed by atoms with Gasteiger partial charge in [0.05, 0.1) is 5.41 Å². The van der Waals surface area contributed by atoms with E-state index in [0.29, 0.717) is 24.1 Å². The number of amides is 1. The largest absolute Gasteiger partial charge is 0.439 e. The van der Waals surface area contributed by atoms with Crippen LogP contribution < -0.4 is 15.4 Å². The van der Waals surface area contributed by atoms with Crippen LogP contribution in [0.2, 0.25) is 0 Å². The fraction of sp³-hybridized carbons (Fsp3) is 0.429. The van der Waals surface area contributed by atoms with Crippen LogP contribution >= 0.6 is 24.8 Å². The van der Waals surface area contributed by atoms with Crippen LogP contribution in [0.1, 0.15) is 31.2 Å². The fourth-order valence-corrected chi connectivity index (χ4v) is 4.25. The third kappa shape index (κ3) is 5.18. The number of hydrogen-bond acceptors (Lipinski definition) is 4. The minimum Gasteiger partial charge on any atom is -0.439 e. The number of benzene rings is 1. The van der Waals surface area contributed by atoms with Gasteiger partial charge in [-0.25, -0.2) is 9.37 Å². The zero-order chi connectivity index (χ0) is 18.7. The molecule has 0 spiro atoms. The molecular formula is C21H26Cl2FN3O2. The molecule has 2 atom stereocenters. The molecular weight excluding hydrogens is 416 g/mol. The van der Waals surface area contributed by atoms with E-state index in [4.69, 9.17) is 4.74 Å².